The van der Waals surface area contributed by atoms with Crippen LogP contribution in [-0.2, 0) is 11.3 Å². The molecule has 1 aliphatic rings. The molecule has 0 radical (unpaired) electrons. The highest BCUT2D eigenvalue weighted by Gasteiger charge is 2.21. The van der Waals surface area contributed by atoms with Crippen LogP contribution < -0.4 is 5.32 Å². The fourth-order valence-corrected chi connectivity index (χ4v) is 3.17. The minimum Gasteiger partial charge on any atom is -0.444 e. The first kappa shape index (κ1) is 18.2. The van der Waals surface area contributed by atoms with E-state index in [9.17, 15) is 10.1 Å². The monoisotopic (exact) mass is 352 g/mol. The Hall–Kier alpha value is -2.62. The lowest BCUT2D eigenvalue weighted by Gasteiger charge is -2.34. The van der Waals surface area contributed by atoms with Crippen LogP contribution >= 0.6 is 0 Å². The summed E-state index contributed by atoms with van der Waals surface area (Å²) in [6.45, 7) is 8.43. The molecule has 6 nitrogen and oxygen atoms in total. The van der Waals surface area contributed by atoms with Crippen molar-refractivity contribution in [3.63, 3.8) is 0 Å². The van der Waals surface area contributed by atoms with E-state index in [0.717, 1.165) is 38.3 Å². The maximum absolute atomic E-state index is 12.3. The average molecular weight is 352 g/mol. The Kier molecular flexibility index (Phi) is 5.71. The third-order valence-corrected chi connectivity index (χ3v) is 4.83. The molecule has 1 aromatic carbocycles. The van der Waals surface area contributed by atoms with Gasteiger partial charge in [0.1, 0.15) is 17.4 Å². The van der Waals surface area contributed by atoms with Crippen molar-refractivity contribution in [1.29, 1.82) is 5.26 Å². The summed E-state index contributed by atoms with van der Waals surface area (Å²) < 4.78 is 5.50. The fraction of sp³-hybridized carbons (Fsp3) is 0.400. The molecule has 6 heteroatoms. The van der Waals surface area contributed by atoms with Crippen molar-refractivity contribution in [2.75, 3.05) is 38.0 Å². The number of piperazine rings is 1. The second kappa shape index (κ2) is 8.17. The van der Waals surface area contributed by atoms with Gasteiger partial charge in [0.2, 0.25) is 11.8 Å². The molecule has 1 amide bonds. The summed E-state index contributed by atoms with van der Waals surface area (Å²) in [5.74, 6) is 0.772. The van der Waals surface area contributed by atoms with Crippen LogP contribution in [0.2, 0.25) is 0 Å². The topological polar surface area (TPSA) is 72.5 Å². The van der Waals surface area contributed by atoms with Gasteiger partial charge in [0.15, 0.2) is 0 Å². The van der Waals surface area contributed by atoms with Gasteiger partial charge in [0, 0.05) is 38.3 Å². The van der Waals surface area contributed by atoms with E-state index < -0.39 is 0 Å². The Labute approximate surface area is 154 Å². The van der Waals surface area contributed by atoms with Crippen LogP contribution in [0.5, 0.6) is 0 Å². The standard InChI is InChI=1S/C20H24N4O2/c1-15-16(2)26-20(18(15)12-21)22-19(25)14-24-10-8-23(9-11-24)13-17-6-4-3-5-7-17/h3-7H,8-11,13-14H2,1-2H3,(H,22,25). The normalized spacial score (nSPS) is 15.6. The van der Waals surface area contributed by atoms with Gasteiger partial charge in [-0.1, -0.05) is 30.3 Å². The minimum atomic E-state index is -0.147. The van der Waals surface area contributed by atoms with Crippen molar-refractivity contribution in [1.82, 2.24) is 9.80 Å². The Bertz CT molecular complexity index is 799. The molecule has 136 valence electrons. The number of hydrogen-bond donors (Lipinski definition) is 1. The summed E-state index contributed by atoms with van der Waals surface area (Å²) in [4.78, 5) is 16.8. The Morgan fingerprint density at radius 3 is 2.46 bits per heavy atom. The van der Waals surface area contributed by atoms with Crippen LogP contribution in [0.25, 0.3) is 0 Å². The average Bonchev–Trinajstić information content (AvgIpc) is 2.90. The first-order valence-corrected chi connectivity index (χ1v) is 8.85. The SMILES string of the molecule is Cc1oc(NC(=O)CN2CCN(Cc3ccccc3)CC2)c(C#N)c1C. The predicted molar refractivity (Wildman–Crippen MR) is 99.7 cm³/mol. The number of furan rings is 1. The highest BCUT2D eigenvalue weighted by atomic mass is 16.4. The largest absolute Gasteiger partial charge is 0.444 e. The van der Waals surface area contributed by atoms with Gasteiger partial charge in [-0.3, -0.25) is 19.9 Å². The number of rotatable bonds is 5. The number of anilines is 1. The maximum atomic E-state index is 12.3. The summed E-state index contributed by atoms with van der Waals surface area (Å²) in [6, 6.07) is 12.5. The number of nitriles is 1. The van der Waals surface area contributed by atoms with E-state index in [1.807, 2.05) is 13.0 Å². The molecule has 0 saturated carbocycles. The molecular weight excluding hydrogens is 328 g/mol. The van der Waals surface area contributed by atoms with Gasteiger partial charge >= 0.3 is 0 Å². The molecule has 0 bridgehead atoms. The number of nitrogens with one attached hydrogen (secondary N) is 1. The molecule has 2 heterocycles. The van der Waals surface area contributed by atoms with Gasteiger partial charge < -0.3 is 4.42 Å². The van der Waals surface area contributed by atoms with Crippen molar-refractivity contribution >= 4 is 11.8 Å². The number of amides is 1. The summed E-state index contributed by atoms with van der Waals surface area (Å²) in [5.41, 5.74) is 2.49. The van der Waals surface area contributed by atoms with Crippen molar-refractivity contribution in [3.8, 4) is 6.07 Å². The number of benzene rings is 1. The molecule has 1 fully saturated rings. The van der Waals surface area contributed by atoms with Crippen LogP contribution in [0.4, 0.5) is 5.88 Å². The summed E-state index contributed by atoms with van der Waals surface area (Å²) in [6.07, 6.45) is 0. The number of carbonyl (C=O) groups excluding carboxylic acids is 1. The molecule has 3 rings (SSSR count). The number of carbonyl (C=O) groups is 1. The van der Waals surface area contributed by atoms with Gasteiger partial charge in [-0.15, -0.1) is 0 Å². The van der Waals surface area contributed by atoms with E-state index in [0.29, 0.717) is 17.9 Å². The first-order valence-electron chi connectivity index (χ1n) is 8.85. The lowest BCUT2D eigenvalue weighted by molar-refractivity contribution is -0.117. The zero-order valence-electron chi connectivity index (χ0n) is 15.3. The van der Waals surface area contributed by atoms with Gasteiger partial charge in [0.05, 0.1) is 6.54 Å². The Morgan fingerprint density at radius 2 is 1.81 bits per heavy atom. The van der Waals surface area contributed by atoms with Gasteiger partial charge in [0.25, 0.3) is 0 Å². The predicted octanol–water partition coefficient (Wildman–Crippen LogP) is 2.52. The minimum absolute atomic E-state index is 0.147. The second-order valence-corrected chi connectivity index (χ2v) is 6.69. The van der Waals surface area contributed by atoms with Crippen molar-refractivity contribution in [2.24, 2.45) is 0 Å². The Morgan fingerprint density at radius 1 is 1.15 bits per heavy atom. The molecule has 26 heavy (non-hydrogen) atoms. The van der Waals surface area contributed by atoms with Crippen LogP contribution in [0, 0.1) is 25.2 Å². The van der Waals surface area contributed by atoms with E-state index in [1.54, 1.807) is 6.92 Å². The highest BCUT2D eigenvalue weighted by Crippen LogP contribution is 2.25. The van der Waals surface area contributed by atoms with Gasteiger partial charge in [-0.05, 0) is 19.4 Å². The molecule has 2 aromatic rings. The van der Waals surface area contributed by atoms with Crippen LogP contribution in [0.15, 0.2) is 34.7 Å². The molecular formula is C20H24N4O2. The van der Waals surface area contributed by atoms with E-state index >= 15 is 0 Å². The molecule has 1 aromatic heterocycles. The molecule has 1 N–H and O–H groups in total. The van der Waals surface area contributed by atoms with Crippen LogP contribution in [0.3, 0.4) is 0 Å². The molecule has 0 atom stereocenters. The maximum Gasteiger partial charge on any atom is 0.240 e. The molecule has 0 aliphatic carbocycles. The zero-order valence-corrected chi connectivity index (χ0v) is 15.3. The summed E-state index contributed by atoms with van der Waals surface area (Å²) in [7, 11) is 0. The van der Waals surface area contributed by atoms with Crippen molar-refractivity contribution in [2.45, 2.75) is 20.4 Å². The van der Waals surface area contributed by atoms with E-state index in [-0.39, 0.29) is 11.8 Å². The van der Waals surface area contributed by atoms with Crippen molar-refractivity contribution < 1.29 is 9.21 Å². The van der Waals surface area contributed by atoms with Gasteiger partial charge in [-0.25, -0.2) is 0 Å². The van der Waals surface area contributed by atoms with Crippen LogP contribution in [-0.4, -0.2) is 48.4 Å². The number of aryl methyl sites for hydroxylation is 1. The van der Waals surface area contributed by atoms with E-state index in [2.05, 4.69) is 45.5 Å². The molecule has 0 spiro atoms. The summed E-state index contributed by atoms with van der Waals surface area (Å²) in [5, 5.41) is 12.0. The summed E-state index contributed by atoms with van der Waals surface area (Å²) >= 11 is 0. The van der Waals surface area contributed by atoms with Crippen LogP contribution in [0.1, 0.15) is 22.5 Å². The highest BCUT2D eigenvalue weighted by molar-refractivity contribution is 5.92. The lowest BCUT2D eigenvalue weighted by Crippen LogP contribution is -2.48. The molecule has 0 unspecified atom stereocenters. The zero-order chi connectivity index (χ0) is 18.5. The third kappa shape index (κ3) is 4.31. The van der Waals surface area contributed by atoms with Gasteiger partial charge in [-0.2, -0.15) is 5.26 Å². The quantitative estimate of drug-likeness (QED) is 0.895. The van der Waals surface area contributed by atoms with E-state index in [1.165, 1.54) is 5.56 Å². The second-order valence-electron chi connectivity index (χ2n) is 6.69. The van der Waals surface area contributed by atoms with Crippen molar-refractivity contribution in [3.05, 3.63) is 52.8 Å². The first-order chi connectivity index (χ1) is 12.6. The Balaban J connectivity index is 1.48. The smallest absolute Gasteiger partial charge is 0.240 e. The fourth-order valence-electron chi connectivity index (χ4n) is 3.17. The number of nitrogens with zero attached hydrogens (tertiary/aromatic N) is 3. The van der Waals surface area contributed by atoms with E-state index in [4.69, 9.17) is 4.42 Å². The lowest BCUT2D eigenvalue weighted by atomic mass is 10.2. The number of hydrogen-bond acceptors (Lipinski definition) is 5. The molecule has 1 saturated heterocycles. The third-order valence-electron chi connectivity index (χ3n) is 4.83. The molecule has 1 aliphatic heterocycles.